The molecule has 0 heterocycles. The SMILES string of the molecule is C=C(C)/C(=C\C)C(=O)NCCCc1ccc(-c2ccc(NC)c(OC)c2)cc1. The molecule has 0 radical (unpaired) electrons. The molecule has 0 aliphatic rings. The molecule has 0 saturated heterocycles. The molecule has 0 aliphatic heterocycles. The lowest BCUT2D eigenvalue weighted by Crippen LogP contribution is -2.26. The summed E-state index contributed by atoms with van der Waals surface area (Å²) in [4.78, 5) is 12.1. The Labute approximate surface area is 168 Å². The Bertz CT molecular complexity index is 851. The predicted molar refractivity (Wildman–Crippen MR) is 118 cm³/mol. The minimum atomic E-state index is -0.0516. The standard InChI is InChI=1S/C24H30N2O2/c1-6-21(17(2)3)24(27)26-15-7-8-18-9-11-19(12-10-18)20-13-14-22(25-4)23(16-20)28-5/h6,9-14,16,25H,2,7-8,15H2,1,3-5H3,(H,26,27)/b21-6+. The summed E-state index contributed by atoms with van der Waals surface area (Å²) < 4.78 is 5.44. The number of ether oxygens (including phenoxy) is 1. The van der Waals surface area contributed by atoms with Gasteiger partial charge < -0.3 is 15.4 Å². The van der Waals surface area contributed by atoms with Gasteiger partial charge in [-0.15, -0.1) is 0 Å². The molecule has 0 bridgehead atoms. The summed E-state index contributed by atoms with van der Waals surface area (Å²) >= 11 is 0. The zero-order valence-corrected chi connectivity index (χ0v) is 17.3. The first-order valence-electron chi connectivity index (χ1n) is 9.55. The van der Waals surface area contributed by atoms with Gasteiger partial charge in [-0.1, -0.05) is 43.0 Å². The van der Waals surface area contributed by atoms with Crippen LogP contribution < -0.4 is 15.4 Å². The molecule has 0 unspecified atom stereocenters. The number of nitrogens with one attached hydrogen (secondary N) is 2. The molecule has 2 rings (SSSR count). The number of benzene rings is 2. The third-order valence-corrected chi connectivity index (χ3v) is 4.68. The number of hydrogen-bond donors (Lipinski definition) is 2. The topological polar surface area (TPSA) is 50.4 Å². The molecule has 0 fully saturated rings. The Morgan fingerprint density at radius 3 is 2.39 bits per heavy atom. The van der Waals surface area contributed by atoms with Crippen LogP contribution in [0.3, 0.4) is 0 Å². The van der Waals surface area contributed by atoms with Crippen molar-refractivity contribution < 1.29 is 9.53 Å². The first-order chi connectivity index (χ1) is 13.5. The molecule has 0 aromatic heterocycles. The Hall–Kier alpha value is -3.01. The average Bonchev–Trinajstić information content (AvgIpc) is 2.71. The van der Waals surface area contributed by atoms with Crippen molar-refractivity contribution >= 4 is 11.6 Å². The highest BCUT2D eigenvalue weighted by Crippen LogP contribution is 2.30. The number of carbonyl (C=O) groups is 1. The van der Waals surface area contributed by atoms with Crippen molar-refractivity contribution in [2.75, 3.05) is 26.0 Å². The Kier molecular flexibility index (Phi) is 7.88. The molecular weight excluding hydrogens is 348 g/mol. The molecule has 2 N–H and O–H groups in total. The minimum absolute atomic E-state index is 0.0516. The third-order valence-electron chi connectivity index (χ3n) is 4.68. The highest BCUT2D eigenvalue weighted by atomic mass is 16.5. The molecule has 2 aromatic rings. The number of hydrogen-bond acceptors (Lipinski definition) is 3. The van der Waals surface area contributed by atoms with Crippen molar-refractivity contribution in [3.63, 3.8) is 0 Å². The molecule has 0 saturated carbocycles. The van der Waals surface area contributed by atoms with E-state index in [0.29, 0.717) is 12.1 Å². The smallest absolute Gasteiger partial charge is 0.251 e. The van der Waals surface area contributed by atoms with Crippen molar-refractivity contribution in [2.24, 2.45) is 0 Å². The van der Waals surface area contributed by atoms with Gasteiger partial charge >= 0.3 is 0 Å². The Morgan fingerprint density at radius 2 is 1.82 bits per heavy atom. The van der Waals surface area contributed by atoms with Gasteiger partial charge in [-0.3, -0.25) is 4.79 Å². The van der Waals surface area contributed by atoms with E-state index >= 15 is 0 Å². The molecule has 0 atom stereocenters. The maximum Gasteiger partial charge on any atom is 0.251 e. The van der Waals surface area contributed by atoms with E-state index < -0.39 is 0 Å². The zero-order chi connectivity index (χ0) is 20.5. The van der Waals surface area contributed by atoms with Crippen LogP contribution >= 0.6 is 0 Å². The molecule has 4 heteroatoms. The molecule has 0 aliphatic carbocycles. The number of anilines is 1. The van der Waals surface area contributed by atoms with E-state index in [1.807, 2.05) is 33.0 Å². The van der Waals surface area contributed by atoms with Crippen molar-refractivity contribution in [1.29, 1.82) is 0 Å². The summed E-state index contributed by atoms with van der Waals surface area (Å²) in [7, 11) is 3.56. The second-order valence-electron chi connectivity index (χ2n) is 6.70. The molecule has 4 nitrogen and oxygen atoms in total. The number of carbonyl (C=O) groups excluding carboxylic acids is 1. The number of methoxy groups -OCH3 is 1. The highest BCUT2D eigenvalue weighted by Gasteiger charge is 2.08. The number of rotatable bonds is 9. The fraction of sp³-hybridized carbons (Fsp3) is 0.292. The van der Waals surface area contributed by atoms with Gasteiger partial charge in [-0.25, -0.2) is 0 Å². The monoisotopic (exact) mass is 378 g/mol. The van der Waals surface area contributed by atoms with Crippen LogP contribution in [-0.2, 0) is 11.2 Å². The summed E-state index contributed by atoms with van der Waals surface area (Å²) in [6.45, 7) is 8.18. The van der Waals surface area contributed by atoms with Crippen molar-refractivity contribution in [2.45, 2.75) is 26.7 Å². The fourth-order valence-corrected chi connectivity index (χ4v) is 3.10. The van der Waals surface area contributed by atoms with Crippen LogP contribution in [0.4, 0.5) is 5.69 Å². The molecule has 1 amide bonds. The van der Waals surface area contributed by atoms with E-state index in [0.717, 1.165) is 41.0 Å². The van der Waals surface area contributed by atoms with Crippen LogP contribution in [0.1, 0.15) is 25.8 Å². The molecule has 0 spiro atoms. The van der Waals surface area contributed by atoms with Gasteiger partial charge in [0.2, 0.25) is 0 Å². The second-order valence-corrected chi connectivity index (χ2v) is 6.70. The highest BCUT2D eigenvalue weighted by molar-refractivity contribution is 5.97. The number of aryl methyl sites for hydroxylation is 1. The number of amides is 1. The maximum atomic E-state index is 12.1. The molecular formula is C24H30N2O2. The van der Waals surface area contributed by atoms with Gasteiger partial charge in [-0.2, -0.15) is 0 Å². The first kappa shape index (κ1) is 21.3. The minimum Gasteiger partial charge on any atom is -0.495 e. The molecule has 2 aromatic carbocycles. The summed E-state index contributed by atoms with van der Waals surface area (Å²) in [6.07, 6.45) is 3.61. The van der Waals surface area contributed by atoms with Crippen LogP contribution in [0, 0.1) is 0 Å². The first-order valence-corrected chi connectivity index (χ1v) is 9.55. The maximum absolute atomic E-state index is 12.1. The van der Waals surface area contributed by atoms with Gasteiger partial charge in [0.1, 0.15) is 5.75 Å². The number of allylic oxidation sites excluding steroid dienone is 1. The van der Waals surface area contributed by atoms with E-state index in [1.165, 1.54) is 5.56 Å². The summed E-state index contributed by atoms with van der Waals surface area (Å²) in [5.74, 6) is 0.777. The summed E-state index contributed by atoms with van der Waals surface area (Å²) in [6, 6.07) is 14.7. The van der Waals surface area contributed by atoms with Crippen molar-refractivity contribution in [3.05, 3.63) is 71.8 Å². The quantitative estimate of drug-likeness (QED) is 0.368. The summed E-state index contributed by atoms with van der Waals surface area (Å²) in [5.41, 5.74) is 5.94. The van der Waals surface area contributed by atoms with Gasteiger partial charge in [0.05, 0.1) is 12.8 Å². The van der Waals surface area contributed by atoms with Gasteiger partial charge in [-0.05, 0) is 61.1 Å². The van der Waals surface area contributed by atoms with E-state index in [-0.39, 0.29) is 5.91 Å². The van der Waals surface area contributed by atoms with Gasteiger partial charge in [0.15, 0.2) is 0 Å². The van der Waals surface area contributed by atoms with Gasteiger partial charge in [0, 0.05) is 19.2 Å². The van der Waals surface area contributed by atoms with Crippen LogP contribution in [-0.4, -0.2) is 26.6 Å². The molecule has 28 heavy (non-hydrogen) atoms. The van der Waals surface area contributed by atoms with Gasteiger partial charge in [0.25, 0.3) is 5.91 Å². The lowest BCUT2D eigenvalue weighted by molar-refractivity contribution is -0.117. The summed E-state index contributed by atoms with van der Waals surface area (Å²) in [5, 5.41) is 6.08. The zero-order valence-electron chi connectivity index (χ0n) is 17.3. The predicted octanol–water partition coefficient (Wildman–Crippen LogP) is 4.98. The molecule has 148 valence electrons. The van der Waals surface area contributed by atoms with E-state index in [2.05, 4.69) is 47.5 Å². The van der Waals surface area contributed by atoms with Crippen molar-refractivity contribution in [1.82, 2.24) is 5.32 Å². The largest absolute Gasteiger partial charge is 0.495 e. The van der Waals surface area contributed by atoms with E-state index in [9.17, 15) is 4.79 Å². The van der Waals surface area contributed by atoms with Crippen LogP contribution in [0.25, 0.3) is 11.1 Å². The van der Waals surface area contributed by atoms with Crippen molar-refractivity contribution in [3.8, 4) is 16.9 Å². The Morgan fingerprint density at radius 1 is 1.14 bits per heavy atom. The average molecular weight is 379 g/mol. The third kappa shape index (κ3) is 5.49. The van der Waals surface area contributed by atoms with Crippen LogP contribution in [0.15, 0.2) is 66.3 Å². The van der Waals surface area contributed by atoms with E-state index in [4.69, 9.17) is 4.74 Å². The fourth-order valence-electron chi connectivity index (χ4n) is 3.10. The second kappa shape index (κ2) is 10.4. The lowest BCUT2D eigenvalue weighted by Gasteiger charge is -2.11. The van der Waals surface area contributed by atoms with Crippen LogP contribution in [0.5, 0.6) is 5.75 Å². The van der Waals surface area contributed by atoms with Crippen LogP contribution in [0.2, 0.25) is 0 Å². The lowest BCUT2D eigenvalue weighted by atomic mass is 10.0. The Balaban J connectivity index is 1.91. The van der Waals surface area contributed by atoms with E-state index in [1.54, 1.807) is 13.2 Å². The normalized spacial score (nSPS) is 11.1.